The van der Waals surface area contributed by atoms with Gasteiger partial charge in [-0.1, -0.05) is 13.0 Å². The summed E-state index contributed by atoms with van der Waals surface area (Å²) in [5.41, 5.74) is 8.37. The van der Waals surface area contributed by atoms with Crippen molar-refractivity contribution in [3.05, 3.63) is 35.3 Å². The number of hydrogen-bond donors (Lipinski definition) is 1. The lowest BCUT2D eigenvalue weighted by Gasteiger charge is -2.07. The van der Waals surface area contributed by atoms with Crippen LogP contribution in [0.3, 0.4) is 0 Å². The van der Waals surface area contributed by atoms with E-state index in [4.69, 9.17) is 5.73 Å². The molecule has 0 aliphatic heterocycles. The van der Waals surface area contributed by atoms with Crippen LogP contribution in [-0.4, -0.2) is 4.98 Å². The SMILES string of the molecule is CCc1ccc2c(C)c(N)cc(F)c2n1. The molecule has 0 bridgehead atoms. The highest BCUT2D eigenvalue weighted by Crippen LogP contribution is 2.25. The van der Waals surface area contributed by atoms with Gasteiger partial charge in [0.1, 0.15) is 5.52 Å². The molecule has 2 N–H and O–H groups in total. The summed E-state index contributed by atoms with van der Waals surface area (Å²) < 4.78 is 13.6. The third-order valence-electron chi connectivity index (χ3n) is 2.66. The summed E-state index contributed by atoms with van der Waals surface area (Å²) in [5, 5.41) is 0.796. The molecule has 15 heavy (non-hydrogen) atoms. The maximum Gasteiger partial charge on any atom is 0.151 e. The number of halogens is 1. The quantitative estimate of drug-likeness (QED) is 0.725. The number of anilines is 1. The van der Waals surface area contributed by atoms with Crippen LogP contribution in [0, 0.1) is 12.7 Å². The maximum absolute atomic E-state index is 13.6. The fraction of sp³-hybridized carbons (Fsp3) is 0.250. The highest BCUT2D eigenvalue weighted by Gasteiger charge is 2.08. The molecule has 1 aromatic carbocycles. The van der Waals surface area contributed by atoms with Gasteiger partial charge in [-0.05, 0) is 31.0 Å². The number of rotatable bonds is 1. The van der Waals surface area contributed by atoms with E-state index in [1.54, 1.807) is 0 Å². The number of aromatic nitrogens is 1. The zero-order valence-electron chi connectivity index (χ0n) is 8.84. The second-order valence-electron chi connectivity index (χ2n) is 3.62. The number of nitrogens with two attached hydrogens (primary N) is 1. The highest BCUT2D eigenvalue weighted by atomic mass is 19.1. The summed E-state index contributed by atoms with van der Waals surface area (Å²) in [5.74, 6) is -0.344. The average Bonchev–Trinajstić information content (AvgIpc) is 2.25. The van der Waals surface area contributed by atoms with E-state index in [0.717, 1.165) is 23.1 Å². The number of aryl methyl sites for hydroxylation is 2. The zero-order valence-corrected chi connectivity index (χ0v) is 8.84. The van der Waals surface area contributed by atoms with Crippen molar-refractivity contribution in [3.8, 4) is 0 Å². The number of hydrogen-bond acceptors (Lipinski definition) is 2. The van der Waals surface area contributed by atoms with Crippen molar-refractivity contribution < 1.29 is 4.39 Å². The van der Waals surface area contributed by atoms with Crippen molar-refractivity contribution in [2.75, 3.05) is 5.73 Å². The lowest BCUT2D eigenvalue weighted by atomic mass is 10.1. The Bertz CT molecular complexity index is 521. The first-order chi connectivity index (χ1) is 7.13. The van der Waals surface area contributed by atoms with Gasteiger partial charge < -0.3 is 5.73 Å². The van der Waals surface area contributed by atoms with Crippen LogP contribution in [0.2, 0.25) is 0 Å². The zero-order chi connectivity index (χ0) is 11.0. The topological polar surface area (TPSA) is 38.9 Å². The maximum atomic E-state index is 13.6. The van der Waals surface area contributed by atoms with E-state index in [1.807, 2.05) is 26.0 Å². The largest absolute Gasteiger partial charge is 0.398 e. The summed E-state index contributed by atoms with van der Waals surface area (Å²) in [6.45, 7) is 3.88. The highest BCUT2D eigenvalue weighted by molar-refractivity contribution is 5.87. The van der Waals surface area contributed by atoms with E-state index in [0.29, 0.717) is 11.2 Å². The number of fused-ring (bicyclic) bond motifs is 1. The molecule has 2 nitrogen and oxygen atoms in total. The molecule has 2 rings (SSSR count). The van der Waals surface area contributed by atoms with Gasteiger partial charge in [0.15, 0.2) is 5.82 Å². The summed E-state index contributed by atoms with van der Waals surface area (Å²) in [7, 11) is 0. The van der Waals surface area contributed by atoms with Crippen LogP contribution in [-0.2, 0) is 6.42 Å². The predicted octanol–water partition coefficient (Wildman–Crippen LogP) is 2.83. The van der Waals surface area contributed by atoms with Crippen molar-refractivity contribution in [1.29, 1.82) is 0 Å². The number of benzene rings is 1. The summed E-state index contributed by atoms with van der Waals surface area (Å²) in [4.78, 5) is 4.26. The lowest BCUT2D eigenvalue weighted by molar-refractivity contribution is 0.636. The Morgan fingerprint density at radius 1 is 1.40 bits per heavy atom. The summed E-state index contributed by atoms with van der Waals surface area (Å²) in [6.07, 6.45) is 0.804. The van der Waals surface area contributed by atoms with Crippen LogP contribution >= 0.6 is 0 Å². The molecular formula is C12H13FN2. The third kappa shape index (κ3) is 1.54. The normalized spacial score (nSPS) is 10.9. The molecule has 2 aromatic rings. The van der Waals surface area contributed by atoms with Crippen molar-refractivity contribution >= 4 is 16.6 Å². The Morgan fingerprint density at radius 3 is 2.80 bits per heavy atom. The van der Waals surface area contributed by atoms with Gasteiger partial charge in [-0.2, -0.15) is 0 Å². The van der Waals surface area contributed by atoms with E-state index in [-0.39, 0.29) is 5.82 Å². The summed E-state index contributed by atoms with van der Waals surface area (Å²) in [6, 6.07) is 5.13. The van der Waals surface area contributed by atoms with E-state index in [9.17, 15) is 4.39 Å². The Balaban J connectivity index is 2.84. The van der Waals surface area contributed by atoms with Gasteiger partial charge in [0.25, 0.3) is 0 Å². The first-order valence-electron chi connectivity index (χ1n) is 4.97. The van der Waals surface area contributed by atoms with Crippen molar-refractivity contribution in [3.63, 3.8) is 0 Å². The molecule has 0 atom stereocenters. The summed E-state index contributed by atoms with van der Waals surface area (Å²) >= 11 is 0. The van der Waals surface area contributed by atoms with Gasteiger partial charge in [0.2, 0.25) is 0 Å². The lowest BCUT2D eigenvalue weighted by Crippen LogP contribution is -1.97. The number of nitrogen functional groups attached to an aromatic ring is 1. The molecule has 0 aliphatic rings. The molecule has 0 spiro atoms. The number of nitrogens with zero attached hydrogens (tertiary/aromatic N) is 1. The molecule has 78 valence electrons. The van der Waals surface area contributed by atoms with E-state index in [1.165, 1.54) is 6.07 Å². The first kappa shape index (κ1) is 9.90. The van der Waals surface area contributed by atoms with Crippen LogP contribution in [0.15, 0.2) is 18.2 Å². The van der Waals surface area contributed by atoms with Crippen molar-refractivity contribution in [2.24, 2.45) is 0 Å². The van der Waals surface area contributed by atoms with E-state index in [2.05, 4.69) is 4.98 Å². The van der Waals surface area contributed by atoms with Crippen LogP contribution in [0.25, 0.3) is 10.9 Å². The Hall–Kier alpha value is -1.64. The fourth-order valence-corrected chi connectivity index (χ4v) is 1.65. The van der Waals surface area contributed by atoms with Crippen molar-refractivity contribution in [2.45, 2.75) is 20.3 Å². The second kappa shape index (κ2) is 3.50. The molecule has 0 saturated heterocycles. The van der Waals surface area contributed by atoms with Crippen LogP contribution in [0.1, 0.15) is 18.2 Å². The molecule has 0 amide bonds. The predicted molar refractivity (Wildman–Crippen MR) is 60.2 cm³/mol. The molecule has 0 aliphatic carbocycles. The molecule has 0 saturated carbocycles. The van der Waals surface area contributed by atoms with Crippen LogP contribution in [0.4, 0.5) is 10.1 Å². The van der Waals surface area contributed by atoms with Gasteiger partial charge in [0, 0.05) is 16.8 Å². The number of pyridine rings is 1. The van der Waals surface area contributed by atoms with E-state index >= 15 is 0 Å². The van der Waals surface area contributed by atoms with E-state index < -0.39 is 0 Å². The van der Waals surface area contributed by atoms with Gasteiger partial charge in [-0.3, -0.25) is 0 Å². The Kier molecular flexibility index (Phi) is 2.31. The Morgan fingerprint density at radius 2 is 2.13 bits per heavy atom. The van der Waals surface area contributed by atoms with Crippen LogP contribution in [0.5, 0.6) is 0 Å². The third-order valence-corrected chi connectivity index (χ3v) is 2.66. The van der Waals surface area contributed by atoms with Gasteiger partial charge in [-0.15, -0.1) is 0 Å². The fourth-order valence-electron chi connectivity index (χ4n) is 1.65. The molecule has 3 heteroatoms. The molecular weight excluding hydrogens is 191 g/mol. The van der Waals surface area contributed by atoms with Gasteiger partial charge >= 0.3 is 0 Å². The first-order valence-corrected chi connectivity index (χ1v) is 4.97. The van der Waals surface area contributed by atoms with Crippen LogP contribution < -0.4 is 5.73 Å². The Labute approximate surface area is 87.9 Å². The standard InChI is InChI=1S/C12H13FN2/c1-3-8-4-5-9-7(2)11(14)6-10(13)12(9)15-8/h4-6H,3,14H2,1-2H3. The van der Waals surface area contributed by atoms with Crippen molar-refractivity contribution in [1.82, 2.24) is 4.98 Å². The van der Waals surface area contributed by atoms with Gasteiger partial charge in [-0.25, -0.2) is 9.37 Å². The second-order valence-corrected chi connectivity index (χ2v) is 3.62. The minimum Gasteiger partial charge on any atom is -0.398 e. The monoisotopic (exact) mass is 204 g/mol. The molecule has 0 fully saturated rings. The minimum absolute atomic E-state index is 0.344. The average molecular weight is 204 g/mol. The van der Waals surface area contributed by atoms with Gasteiger partial charge in [0.05, 0.1) is 0 Å². The molecule has 1 heterocycles. The molecule has 0 radical (unpaired) electrons. The molecule has 0 unspecified atom stereocenters. The minimum atomic E-state index is -0.344. The molecule has 1 aromatic heterocycles. The smallest absolute Gasteiger partial charge is 0.151 e.